The molecular formula is C116H232O16. The van der Waals surface area contributed by atoms with Crippen LogP contribution in [0.3, 0.4) is 0 Å². The van der Waals surface area contributed by atoms with Gasteiger partial charge in [-0.3, -0.25) is 38.4 Å². The second-order valence-electron chi connectivity index (χ2n) is 47.0. The van der Waals surface area contributed by atoms with E-state index in [1.54, 1.807) is 0 Å². The Kier molecular flexibility index (Phi) is 68.8. The van der Waals surface area contributed by atoms with Gasteiger partial charge in [-0.05, 0) is 322 Å². The zero-order chi connectivity index (χ0) is 107. The number of ether oxygens (including phenoxy) is 8. The fraction of sp³-hybridized carbons (Fsp3) is 0.931. The van der Waals surface area contributed by atoms with Gasteiger partial charge in [0.25, 0.3) is 0 Å². The van der Waals surface area contributed by atoms with Gasteiger partial charge in [-0.25, -0.2) is 0 Å². The van der Waals surface area contributed by atoms with E-state index in [0.29, 0.717) is 23.7 Å². The first kappa shape index (κ1) is 143. The van der Waals surface area contributed by atoms with Crippen molar-refractivity contribution in [2.24, 2.45) is 77.8 Å². The molecule has 0 saturated heterocycles. The van der Waals surface area contributed by atoms with Crippen LogP contribution in [-0.2, 0) is 76.3 Å². The summed E-state index contributed by atoms with van der Waals surface area (Å²) in [7, 11) is 0. The molecule has 3 atom stereocenters. The molecule has 3 unspecified atom stereocenters. The lowest BCUT2D eigenvalue weighted by Crippen LogP contribution is -2.48. The van der Waals surface area contributed by atoms with Gasteiger partial charge in [0.05, 0.1) is 43.3 Å². The Morgan fingerprint density at radius 3 is 0.682 bits per heavy atom. The average molecular weight is 1880 g/mol. The van der Waals surface area contributed by atoms with Gasteiger partial charge in [-0.2, -0.15) is 0 Å². The smallest absolute Gasteiger partial charge is 0.312 e. The molecule has 0 radical (unpaired) electrons. The molecule has 0 amide bonds. The molecule has 0 heterocycles. The van der Waals surface area contributed by atoms with E-state index in [1.165, 1.54) is 0 Å². The van der Waals surface area contributed by atoms with Gasteiger partial charge in [0.15, 0.2) is 0 Å². The topological polar surface area (TPSA) is 210 Å². The highest BCUT2D eigenvalue weighted by Gasteiger charge is 2.49. The van der Waals surface area contributed by atoms with E-state index in [1.807, 2.05) is 180 Å². The molecule has 0 bridgehead atoms. The van der Waals surface area contributed by atoms with E-state index >= 15 is 0 Å². The summed E-state index contributed by atoms with van der Waals surface area (Å²) < 4.78 is 46.7. The molecule has 0 N–H and O–H groups in total. The van der Waals surface area contributed by atoms with Gasteiger partial charge < -0.3 is 37.9 Å². The summed E-state index contributed by atoms with van der Waals surface area (Å²) in [5, 5.41) is 0. The summed E-state index contributed by atoms with van der Waals surface area (Å²) in [6, 6.07) is 0. The monoisotopic (exact) mass is 1880 g/mol. The van der Waals surface area contributed by atoms with Crippen LogP contribution >= 0.6 is 0 Å². The number of hydrogen-bond donors (Lipinski definition) is 0. The quantitative estimate of drug-likeness (QED) is 0.0409. The molecule has 0 aliphatic heterocycles. The minimum atomic E-state index is -0.392. The predicted molar refractivity (Wildman–Crippen MR) is 565 cm³/mol. The first-order chi connectivity index (χ1) is 59.8. The van der Waals surface area contributed by atoms with Gasteiger partial charge >= 0.3 is 47.8 Å². The summed E-state index contributed by atoms with van der Waals surface area (Å²) in [6.45, 7) is 115. The maximum absolute atomic E-state index is 12.3. The summed E-state index contributed by atoms with van der Waals surface area (Å²) in [5.41, 5.74) is -5.44. The van der Waals surface area contributed by atoms with Crippen molar-refractivity contribution in [2.75, 3.05) is 0 Å². The summed E-state index contributed by atoms with van der Waals surface area (Å²) in [6.07, 6.45) is 27.5. The number of carbonyl (C=O) groups is 8. The Labute approximate surface area is 822 Å². The fourth-order valence-corrected chi connectivity index (χ4v) is 14.3. The number of unbranched alkanes of at least 4 members (excludes halogenated alkanes) is 2. The van der Waals surface area contributed by atoms with Crippen molar-refractivity contribution in [1.82, 2.24) is 0 Å². The molecule has 16 nitrogen and oxygen atoms in total. The molecule has 0 rings (SSSR count). The van der Waals surface area contributed by atoms with Crippen molar-refractivity contribution in [1.29, 1.82) is 0 Å². The number of esters is 8. The maximum atomic E-state index is 12.3. The highest BCUT2D eigenvalue weighted by molar-refractivity contribution is 5.79. The molecular weight excluding hydrogens is 1650 g/mol. The highest BCUT2D eigenvalue weighted by atomic mass is 16.6. The molecule has 0 fully saturated rings. The first-order valence-corrected chi connectivity index (χ1v) is 53.7. The van der Waals surface area contributed by atoms with Crippen molar-refractivity contribution in [3.05, 3.63) is 0 Å². The van der Waals surface area contributed by atoms with Crippen LogP contribution in [0.5, 0.6) is 0 Å². The van der Waals surface area contributed by atoms with Gasteiger partial charge in [-0.1, -0.05) is 282 Å². The van der Waals surface area contributed by atoms with Crippen molar-refractivity contribution >= 4 is 47.8 Å². The van der Waals surface area contributed by atoms with Gasteiger partial charge in [-0.15, -0.1) is 0 Å². The molecule has 0 aromatic heterocycles. The van der Waals surface area contributed by atoms with Gasteiger partial charge in [0.1, 0.15) is 44.8 Å². The van der Waals surface area contributed by atoms with Crippen LogP contribution in [0.15, 0.2) is 0 Å². The molecule has 0 aromatic carbocycles. The second kappa shape index (κ2) is 63.4. The van der Waals surface area contributed by atoms with Crippen LogP contribution in [0.4, 0.5) is 0 Å². The molecule has 132 heavy (non-hydrogen) atoms. The molecule has 16 heteroatoms. The molecule has 0 spiro atoms. The lowest BCUT2D eigenvalue weighted by Gasteiger charge is -2.44. The van der Waals surface area contributed by atoms with Crippen LogP contribution in [0, 0.1) is 77.8 Å². The summed E-state index contributed by atoms with van der Waals surface area (Å²) in [4.78, 5) is 97.2. The molecule has 0 saturated carbocycles. The number of hydrogen-bond acceptors (Lipinski definition) is 16. The lowest BCUT2D eigenvalue weighted by atomic mass is 9.72. The third-order valence-electron chi connectivity index (χ3n) is 32.2. The molecule has 792 valence electrons. The van der Waals surface area contributed by atoms with Gasteiger partial charge in [0.2, 0.25) is 0 Å². The fourth-order valence-electron chi connectivity index (χ4n) is 14.3. The van der Waals surface area contributed by atoms with Crippen LogP contribution < -0.4 is 0 Å². The largest absolute Gasteiger partial charge is 0.459 e. The van der Waals surface area contributed by atoms with Crippen molar-refractivity contribution < 1.29 is 76.3 Å². The van der Waals surface area contributed by atoms with E-state index in [9.17, 15) is 38.4 Å². The van der Waals surface area contributed by atoms with E-state index in [4.69, 9.17) is 37.9 Å². The Morgan fingerprint density at radius 2 is 0.470 bits per heavy atom. The van der Waals surface area contributed by atoms with Gasteiger partial charge in [0, 0.05) is 10.8 Å². The third kappa shape index (κ3) is 46.7. The average Bonchev–Trinajstić information content (AvgIpc) is 0.818. The van der Waals surface area contributed by atoms with Crippen LogP contribution in [0.1, 0.15) is 580 Å². The SMILES string of the molecule is CCC(C)(C)C(=O)OC(C)(CC)C(C)(C)C.CCC(C)(C)C(=O)OC(CC)(C(C)C)C(C)C.CCC(C)(C)C(=O)OC(CC)(CC)C(C)(C)C.CCC(C)(C)C(=O)OC(CC)(CC)C(C)C.CCC(C)C(CC)(CC)OC(=O)C(C)(C)CC.CCCC(CC)(CC)OC(=O)C(C)(C)CC.CCCCC(C)(CC)OC(=O)C(C)(C)CC.CCCCC(CC)(CC)OC(=O)C(C)(C)CC. The van der Waals surface area contributed by atoms with E-state index in [2.05, 4.69) is 208 Å². The van der Waals surface area contributed by atoms with Crippen molar-refractivity contribution in [3.8, 4) is 0 Å². The first-order valence-electron chi connectivity index (χ1n) is 53.7. The summed E-state index contributed by atoms with van der Waals surface area (Å²) >= 11 is 0. The van der Waals surface area contributed by atoms with E-state index in [-0.39, 0.29) is 141 Å². The second-order valence-corrected chi connectivity index (χ2v) is 47.0. The minimum Gasteiger partial charge on any atom is -0.459 e. The Morgan fingerprint density at radius 1 is 0.212 bits per heavy atom. The molecule has 0 aromatic rings. The van der Waals surface area contributed by atoms with Crippen LogP contribution in [0.25, 0.3) is 0 Å². The lowest BCUT2D eigenvalue weighted by molar-refractivity contribution is -0.186. The Hall–Kier alpha value is -4.24. The number of carbonyl (C=O) groups excluding carboxylic acids is 8. The Bertz CT molecular complexity index is 3040. The van der Waals surface area contributed by atoms with Crippen LogP contribution in [0.2, 0.25) is 0 Å². The highest BCUT2D eigenvalue weighted by Crippen LogP contribution is 2.45. The van der Waals surface area contributed by atoms with E-state index in [0.717, 1.165) is 193 Å². The number of rotatable bonds is 50. The van der Waals surface area contributed by atoms with Crippen molar-refractivity contribution in [3.63, 3.8) is 0 Å². The van der Waals surface area contributed by atoms with Crippen molar-refractivity contribution in [2.45, 2.75) is 625 Å². The standard InChI is InChI=1S/4C15H30O2.4C14H28O2/c1-9-14(7,8)12(16)17-15(10-2,11-3)13(4,5)6;1-9-14(7,8)13(16)17-15(10-2,11(3)4)12(5)6;1-8-12(5)15(10-3,11-4)17-13(16)14(6,7)9-2;1-7-11-12-15(9-3,10-4)17-13(16)14(5,6)8-2;1-9-13(6,7)11(15)16-14(8,10-2)12(3,4)5;1-8-13(6,7)12(15)16-14(9-2,10-3)11(4)5;1-7-10-11-14(6,9-3)16-12(15)13(4,5)8-2;1-7-11-14(9-3,10-4)16-12(15)13(5,6)8-2/h9-11H2,1-8H3;11-12H,9-10H2,1-8H3;12H,8-11H2,1-7H3;7-12H2,1-6H3;9-10H2,1-8H3;11H,8-10H2,1-7H3;2*7-11H2,1-6H3. The zero-order valence-electron chi connectivity index (χ0n) is 99.1. The zero-order valence-corrected chi connectivity index (χ0v) is 99.1. The molecule has 0 aliphatic carbocycles. The molecule has 0 aliphatic rings. The third-order valence-corrected chi connectivity index (χ3v) is 32.2. The van der Waals surface area contributed by atoms with Crippen LogP contribution in [-0.4, -0.2) is 92.6 Å². The van der Waals surface area contributed by atoms with E-state index < -0.39 is 5.60 Å². The predicted octanol–water partition coefficient (Wildman–Crippen LogP) is 35.3. The summed E-state index contributed by atoms with van der Waals surface area (Å²) in [5.74, 6) is 0.956. The Balaban J connectivity index is -0.000000222. The minimum absolute atomic E-state index is 0.0318. The normalized spacial score (nSPS) is 14.0. The maximum Gasteiger partial charge on any atom is 0.312 e.